The van der Waals surface area contributed by atoms with E-state index in [1.54, 1.807) is 30.5 Å². The average Bonchev–Trinajstić information content (AvgIpc) is 3.44. The van der Waals surface area contributed by atoms with Crippen LogP contribution >= 0.6 is 11.3 Å². The zero-order chi connectivity index (χ0) is 23.4. The van der Waals surface area contributed by atoms with Crippen LogP contribution in [0.2, 0.25) is 0 Å². The number of halogens is 1. The Kier molecular flexibility index (Phi) is 4.82. The highest BCUT2D eigenvalue weighted by atomic mass is 32.1. The van der Waals surface area contributed by atoms with E-state index in [2.05, 4.69) is 15.2 Å². The monoisotopic (exact) mass is 463 g/mol. The van der Waals surface area contributed by atoms with Crippen molar-refractivity contribution >= 4 is 39.6 Å². The highest BCUT2D eigenvalue weighted by Crippen LogP contribution is 2.43. The van der Waals surface area contributed by atoms with Gasteiger partial charge in [0.2, 0.25) is 5.13 Å². The number of rotatable bonds is 3. The summed E-state index contributed by atoms with van der Waals surface area (Å²) in [5.74, 6) is -2.95. The predicted molar refractivity (Wildman–Crippen MR) is 120 cm³/mol. The topological polar surface area (TPSA) is 101 Å². The number of benzene rings is 1. The number of hydrogen-bond acceptors (Lipinski definition) is 7. The highest BCUT2D eigenvalue weighted by molar-refractivity contribution is 7.15. The van der Waals surface area contributed by atoms with Crippen LogP contribution in [-0.2, 0) is 9.59 Å². The molecule has 0 aliphatic carbocycles. The Labute approximate surface area is 191 Å². The van der Waals surface area contributed by atoms with Gasteiger partial charge in [-0.25, -0.2) is 9.37 Å². The van der Waals surface area contributed by atoms with Gasteiger partial charge >= 0.3 is 5.91 Å². The minimum atomic E-state index is -1.22. The van der Waals surface area contributed by atoms with Crippen LogP contribution in [-0.4, -0.2) is 36.4 Å². The Balaban J connectivity index is 1.79. The zero-order valence-corrected chi connectivity index (χ0v) is 18.7. The van der Waals surface area contributed by atoms with Gasteiger partial charge < -0.3 is 9.51 Å². The minimum absolute atomic E-state index is 0.0590. The van der Waals surface area contributed by atoms with Gasteiger partial charge in [0, 0.05) is 11.8 Å². The van der Waals surface area contributed by atoms with Crippen molar-refractivity contribution in [3.63, 3.8) is 0 Å². The smallest absolute Gasteiger partial charge is 0.301 e. The molecule has 33 heavy (non-hydrogen) atoms. The molecule has 1 amide bonds. The van der Waals surface area contributed by atoms with Crippen LogP contribution in [0, 0.1) is 26.6 Å². The number of aliphatic hydroxyl groups is 1. The number of nitrogens with zero attached hydrogens (tertiary/aromatic N) is 5. The van der Waals surface area contributed by atoms with Gasteiger partial charge in [-0.1, -0.05) is 35.6 Å². The summed E-state index contributed by atoms with van der Waals surface area (Å²) in [6.07, 6.45) is 1.79. The first-order valence-corrected chi connectivity index (χ1v) is 10.9. The second-order valence-electron chi connectivity index (χ2n) is 7.72. The summed E-state index contributed by atoms with van der Waals surface area (Å²) in [6, 6.07) is 8.32. The number of ketones is 1. The first kappa shape index (κ1) is 21.0. The Morgan fingerprint density at radius 3 is 2.52 bits per heavy atom. The number of pyridine rings is 1. The van der Waals surface area contributed by atoms with Crippen LogP contribution in [0.3, 0.4) is 0 Å². The molecule has 10 heteroatoms. The third-order valence-electron chi connectivity index (χ3n) is 5.67. The lowest BCUT2D eigenvalue weighted by Gasteiger charge is -2.22. The molecule has 4 aromatic rings. The van der Waals surface area contributed by atoms with Crippen LogP contribution in [0.25, 0.3) is 11.4 Å². The van der Waals surface area contributed by atoms with Gasteiger partial charge in [0.05, 0.1) is 11.3 Å². The number of anilines is 1. The summed E-state index contributed by atoms with van der Waals surface area (Å²) in [7, 11) is 0. The van der Waals surface area contributed by atoms with Crippen LogP contribution in [0.15, 0.2) is 48.2 Å². The molecule has 3 aromatic heterocycles. The molecule has 1 aromatic carbocycles. The van der Waals surface area contributed by atoms with E-state index in [1.807, 2.05) is 19.1 Å². The fourth-order valence-corrected chi connectivity index (χ4v) is 4.79. The average molecular weight is 463 g/mol. The number of aromatic nitrogens is 4. The quantitative estimate of drug-likeness (QED) is 0.281. The van der Waals surface area contributed by atoms with E-state index in [0.29, 0.717) is 16.3 Å². The number of carbonyl (C=O) groups excluding carboxylic acids is 2. The van der Waals surface area contributed by atoms with Crippen molar-refractivity contribution in [3.8, 4) is 0 Å². The Morgan fingerprint density at radius 2 is 1.85 bits per heavy atom. The van der Waals surface area contributed by atoms with Crippen LogP contribution in [0.5, 0.6) is 0 Å². The number of hydrogen-bond donors (Lipinski definition) is 1. The molecule has 4 heterocycles. The first-order valence-electron chi connectivity index (χ1n) is 10.1. The molecule has 1 aliphatic heterocycles. The number of aliphatic hydroxyl groups excluding tert-OH is 1. The van der Waals surface area contributed by atoms with Crippen molar-refractivity contribution in [2.24, 2.45) is 0 Å². The molecule has 1 fully saturated rings. The molecule has 1 atom stereocenters. The van der Waals surface area contributed by atoms with E-state index in [1.165, 1.54) is 18.2 Å². The molecule has 0 saturated carbocycles. The molecule has 0 bridgehead atoms. The number of amides is 1. The van der Waals surface area contributed by atoms with Crippen molar-refractivity contribution in [3.05, 3.63) is 81.5 Å². The summed E-state index contributed by atoms with van der Waals surface area (Å²) in [5, 5.41) is 20.0. The normalized spacial score (nSPS) is 17.9. The van der Waals surface area contributed by atoms with E-state index in [0.717, 1.165) is 21.8 Å². The number of imidazole rings is 1. The zero-order valence-electron chi connectivity index (χ0n) is 17.9. The van der Waals surface area contributed by atoms with Gasteiger partial charge in [-0.05, 0) is 38.5 Å². The molecule has 1 aliphatic rings. The van der Waals surface area contributed by atoms with Crippen molar-refractivity contribution < 1.29 is 19.1 Å². The summed E-state index contributed by atoms with van der Waals surface area (Å²) < 4.78 is 16.7. The lowest BCUT2D eigenvalue weighted by atomic mass is 9.96. The number of Topliss-reactive ketones (excluding diaryl/α,β-unsaturated/α-hetero) is 1. The van der Waals surface area contributed by atoms with Gasteiger partial charge in [0.15, 0.2) is 5.76 Å². The fraction of sp³-hybridized carbons (Fsp3) is 0.174. The molecule has 1 N–H and O–H groups in total. The van der Waals surface area contributed by atoms with Gasteiger partial charge in [-0.2, -0.15) is 0 Å². The maximum Gasteiger partial charge on any atom is 0.301 e. The van der Waals surface area contributed by atoms with Gasteiger partial charge in [-0.15, -0.1) is 10.2 Å². The van der Waals surface area contributed by atoms with E-state index < -0.39 is 29.3 Å². The summed E-state index contributed by atoms with van der Waals surface area (Å²) in [5.41, 5.74) is 2.02. The second-order valence-corrected chi connectivity index (χ2v) is 8.88. The Morgan fingerprint density at radius 1 is 1.09 bits per heavy atom. The van der Waals surface area contributed by atoms with Crippen molar-refractivity contribution in [1.82, 2.24) is 19.6 Å². The maximum atomic E-state index is 14.9. The molecule has 8 nitrogen and oxygen atoms in total. The van der Waals surface area contributed by atoms with Gasteiger partial charge in [0.25, 0.3) is 5.78 Å². The summed E-state index contributed by atoms with van der Waals surface area (Å²) in [4.78, 5) is 31.9. The van der Waals surface area contributed by atoms with Crippen molar-refractivity contribution in [2.75, 3.05) is 4.90 Å². The lowest BCUT2D eigenvalue weighted by molar-refractivity contribution is -0.132. The SMILES string of the molecule is Cc1nnc(N2C(=O)C(=O)C(=C(O)c3nc4c(C)cccn4c3C)C2c2ccccc2F)s1. The van der Waals surface area contributed by atoms with Gasteiger partial charge in [-0.3, -0.25) is 14.5 Å². The standard InChI is InChI=1S/C23H18FN5O3S/c1-11-7-6-10-28-12(2)17(25-21(11)28)19(30)16-18(14-8-4-5-9-15(14)24)29(22(32)20(16)31)23-27-26-13(3)33-23/h4-10,18,30H,1-3H3. The van der Waals surface area contributed by atoms with E-state index in [-0.39, 0.29) is 22.0 Å². The third-order valence-corrected chi connectivity index (χ3v) is 6.51. The number of aryl methyl sites for hydroxylation is 3. The summed E-state index contributed by atoms with van der Waals surface area (Å²) in [6.45, 7) is 5.33. The highest BCUT2D eigenvalue weighted by Gasteiger charge is 2.49. The number of carbonyl (C=O) groups is 2. The number of fused-ring (bicyclic) bond motifs is 1. The van der Waals surface area contributed by atoms with Crippen LogP contribution in [0.1, 0.15) is 33.6 Å². The molecular weight excluding hydrogens is 445 g/mol. The van der Waals surface area contributed by atoms with Crippen LogP contribution in [0.4, 0.5) is 9.52 Å². The summed E-state index contributed by atoms with van der Waals surface area (Å²) >= 11 is 1.10. The predicted octanol–water partition coefficient (Wildman–Crippen LogP) is 3.88. The first-order chi connectivity index (χ1) is 15.8. The Bertz CT molecular complexity index is 1490. The molecule has 0 spiro atoms. The van der Waals surface area contributed by atoms with Crippen LogP contribution < -0.4 is 4.90 Å². The largest absolute Gasteiger partial charge is 0.505 e. The molecular formula is C23H18FN5O3S. The fourth-order valence-electron chi connectivity index (χ4n) is 4.08. The van der Waals surface area contributed by atoms with E-state index in [4.69, 9.17) is 0 Å². The Hall–Kier alpha value is -3.92. The second kappa shape index (κ2) is 7.59. The maximum absolute atomic E-state index is 14.9. The molecule has 0 radical (unpaired) electrons. The van der Waals surface area contributed by atoms with Gasteiger partial charge in [0.1, 0.15) is 28.2 Å². The van der Waals surface area contributed by atoms with Crippen molar-refractivity contribution in [2.45, 2.75) is 26.8 Å². The lowest BCUT2D eigenvalue weighted by Crippen LogP contribution is -2.29. The van der Waals surface area contributed by atoms with E-state index >= 15 is 0 Å². The minimum Gasteiger partial charge on any atom is -0.505 e. The van der Waals surface area contributed by atoms with E-state index in [9.17, 15) is 19.1 Å². The molecule has 1 unspecified atom stereocenters. The van der Waals surface area contributed by atoms with Crippen molar-refractivity contribution in [1.29, 1.82) is 0 Å². The molecule has 1 saturated heterocycles. The molecule has 166 valence electrons. The third kappa shape index (κ3) is 3.13. The molecule has 5 rings (SSSR count).